The van der Waals surface area contributed by atoms with E-state index >= 15 is 0 Å². The molecule has 3 amide bonds. The first-order valence-electron chi connectivity index (χ1n) is 6.02. The summed E-state index contributed by atoms with van der Waals surface area (Å²) in [5, 5.41) is 13.5. The molecule has 1 atom stereocenters. The van der Waals surface area contributed by atoms with E-state index in [1.807, 2.05) is 0 Å². The van der Waals surface area contributed by atoms with Gasteiger partial charge in [0.05, 0.1) is 6.42 Å². The highest BCUT2D eigenvalue weighted by Crippen LogP contribution is 1.97. The van der Waals surface area contributed by atoms with Gasteiger partial charge in [0.1, 0.15) is 6.04 Å². The van der Waals surface area contributed by atoms with Crippen molar-refractivity contribution in [3.05, 3.63) is 0 Å². The Labute approximate surface area is 106 Å². The molecule has 0 aromatic carbocycles. The second-order valence-electron chi connectivity index (χ2n) is 4.02. The zero-order valence-corrected chi connectivity index (χ0v) is 10.6. The summed E-state index contributed by atoms with van der Waals surface area (Å²) in [6.45, 7) is 2.57. The third-order valence-electron chi connectivity index (χ3n) is 2.32. The Bertz CT molecular complexity index is 294. The number of hydrogen-bond donors (Lipinski definition) is 4. The Balaban J connectivity index is 3.88. The molecule has 0 rings (SSSR count). The number of primary amides is 1. The van der Waals surface area contributed by atoms with Gasteiger partial charge in [-0.2, -0.15) is 0 Å². The number of urea groups is 1. The highest BCUT2D eigenvalue weighted by Gasteiger charge is 2.21. The van der Waals surface area contributed by atoms with Crippen LogP contribution in [0.4, 0.5) is 4.79 Å². The van der Waals surface area contributed by atoms with E-state index in [-0.39, 0.29) is 0 Å². The summed E-state index contributed by atoms with van der Waals surface area (Å²) in [6, 6.07) is -1.88. The van der Waals surface area contributed by atoms with Gasteiger partial charge in [0.25, 0.3) is 0 Å². The molecule has 0 bridgehead atoms. The third-order valence-corrected chi connectivity index (χ3v) is 2.32. The van der Waals surface area contributed by atoms with Crippen molar-refractivity contribution in [2.45, 2.75) is 45.1 Å². The lowest BCUT2D eigenvalue weighted by atomic mass is 10.2. The van der Waals surface area contributed by atoms with E-state index in [9.17, 15) is 14.4 Å². The second-order valence-corrected chi connectivity index (χ2v) is 4.02. The zero-order valence-electron chi connectivity index (χ0n) is 10.6. The van der Waals surface area contributed by atoms with Crippen LogP contribution in [0.3, 0.4) is 0 Å². The number of carbonyl (C=O) groups is 3. The van der Waals surface area contributed by atoms with Gasteiger partial charge in [-0.3, -0.25) is 4.79 Å². The molecule has 0 unspecified atom stereocenters. The van der Waals surface area contributed by atoms with Crippen LogP contribution in [0.5, 0.6) is 0 Å². The summed E-state index contributed by atoms with van der Waals surface area (Å²) in [6.07, 6.45) is 3.64. The Morgan fingerprint density at radius 1 is 1.22 bits per heavy atom. The van der Waals surface area contributed by atoms with Crippen LogP contribution in [0.25, 0.3) is 0 Å². The lowest BCUT2D eigenvalue weighted by Gasteiger charge is -2.13. The summed E-state index contributed by atoms with van der Waals surface area (Å²) in [5.41, 5.74) is 4.89. The van der Waals surface area contributed by atoms with Crippen LogP contribution in [0.15, 0.2) is 0 Å². The largest absolute Gasteiger partial charge is 0.480 e. The minimum atomic E-state index is -1.28. The van der Waals surface area contributed by atoms with Crippen LogP contribution in [0.1, 0.15) is 39.0 Å². The SMILES string of the molecule is CCCCCCNC(=O)N[C@@H](CC(N)=O)C(=O)O. The van der Waals surface area contributed by atoms with E-state index in [4.69, 9.17) is 10.8 Å². The van der Waals surface area contributed by atoms with Gasteiger partial charge in [-0.1, -0.05) is 26.2 Å². The molecule has 7 heteroatoms. The molecule has 0 aliphatic carbocycles. The number of carbonyl (C=O) groups excluding carboxylic acids is 2. The fourth-order valence-corrected chi connectivity index (χ4v) is 1.36. The fraction of sp³-hybridized carbons (Fsp3) is 0.727. The van der Waals surface area contributed by atoms with E-state index < -0.39 is 30.4 Å². The van der Waals surface area contributed by atoms with Crippen molar-refractivity contribution >= 4 is 17.9 Å². The first kappa shape index (κ1) is 16.2. The average molecular weight is 259 g/mol. The molecule has 0 aromatic rings. The standard InChI is InChI=1S/C11H21N3O4/c1-2-3-4-5-6-13-11(18)14-8(10(16)17)7-9(12)15/h8H,2-7H2,1H3,(H2,12,15)(H,16,17)(H2,13,14,18)/t8-/m0/s1. The van der Waals surface area contributed by atoms with Gasteiger partial charge in [-0.05, 0) is 6.42 Å². The molecule has 5 N–H and O–H groups in total. The van der Waals surface area contributed by atoms with Crippen LogP contribution in [0.2, 0.25) is 0 Å². The molecule has 0 heterocycles. The lowest BCUT2D eigenvalue weighted by molar-refractivity contribution is -0.140. The van der Waals surface area contributed by atoms with Gasteiger partial charge in [0.2, 0.25) is 5.91 Å². The highest BCUT2D eigenvalue weighted by molar-refractivity contribution is 5.87. The number of nitrogens with one attached hydrogen (secondary N) is 2. The molecule has 0 fully saturated rings. The van der Waals surface area contributed by atoms with Crippen molar-refractivity contribution < 1.29 is 19.5 Å². The molecule has 104 valence electrons. The van der Waals surface area contributed by atoms with Gasteiger partial charge in [-0.25, -0.2) is 9.59 Å². The predicted molar refractivity (Wildman–Crippen MR) is 65.9 cm³/mol. The number of rotatable bonds is 9. The first-order chi connectivity index (χ1) is 8.47. The van der Waals surface area contributed by atoms with Crippen molar-refractivity contribution in [1.29, 1.82) is 0 Å². The van der Waals surface area contributed by atoms with Crippen molar-refractivity contribution in [2.24, 2.45) is 5.73 Å². The van der Waals surface area contributed by atoms with Crippen molar-refractivity contribution in [3.63, 3.8) is 0 Å². The van der Waals surface area contributed by atoms with Gasteiger partial charge < -0.3 is 21.5 Å². The van der Waals surface area contributed by atoms with Crippen LogP contribution in [-0.4, -0.2) is 35.6 Å². The number of aliphatic carboxylic acids is 1. The smallest absolute Gasteiger partial charge is 0.326 e. The minimum absolute atomic E-state index is 0.418. The van der Waals surface area contributed by atoms with Crippen LogP contribution in [0, 0.1) is 0 Å². The molecule has 0 aliphatic rings. The lowest BCUT2D eigenvalue weighted by Crippen LogP contribution is -2.47. The topological polar surface area (TPSA) is 122 Å². The molecule has 0 radical (unpaired) electrons. The second kappa shape index (κ2) is 9.26. The summed E-state index contributed by atoms with van der Waals surface area (Å²) in [5.74, 6) is -2.06. The van der Waals surface area contributed by atoms with Gasteiger partial charge in [0, 0.05) is 6.54 Å². The number of amides is 3. The van der Waals surface area contributed by atoms with Gasteiger partial charge in [-0.15, -0.1) is 0 Å². The minimum Gasteiger partial charge on any atom is -0.480 e. The van der Waals surface area contributed by atoms with Crippen molar-refractivity contribution in [1.82, 2.24) is 10.6 Å². The van der Waals surface area contributed by atoms with Crippen LogP contribution >= 0.6 is 0 Å². The van der Waals surface area contributed by atoms with Crippen LogP contribution in [-0.2, 0) is 9.59 Å². The zero-order chi connectivity index (χ0) is 14.0. The molecule has 0 saturated carbocycles. The van der Waals surface area contributed by atoms with E-state index in [1.165, 1.54) is 0 Å². The summed E-state index contributed by atoms with van der Waals surface area (Å²) in [4.78, 5) is 32.7. The van der Waals surface area contributed by atoms with Gasteiger partial charge in [0.15, 0.2) is 0 Å². The molecular weight excluding hydrogens is 238 g/mol. The average Bonchev–Trinajstić information content (AvgIpc) is 2.27. The number of nitrogens with two attached hydrogens (primary N) is 1. The summed E-state index contributed by atoms with van der Waals surface area (Å²) < 4.78 is 0. The quantitative estimate of drug-likeness (QED) is 0.442. The van der Waals surface area contributed by atoms with Crippen LogP contribution < -0.4 is 16.4 Å². The fourth-order valence-electron chi connectivity index (χ4n) is 1.36. The Hall–Kier alpha value is -1.79. The number of hydrogen-bond acceptors (Lipinski definition) is 3. The van der Waals surface area contributed by atoms with E-state index in [2.05, 4.69) is 17.6 Å². The first-order valence-corrected chi connectivity index (χ1v) is 6.02. The maximum absolute atomic E-state index is 11.3. The monoisotopic (exact) mass is 259 g/mol. The van der Waals surface area contributed by atoms with Crippen molar-refractivity contribution in [2.75, 3.05) is 6.54 Å². The number of carboxylic acid groups (broad SMARTS) is 1. The Morgan fingerprint density at radius 3 is 2.39 bits per heavy atom. The Kier molecular flexibility index (Phi) is 8.34. The summed E-state index contributed by atoms with van der Waals surface area (Å²) in [7, 11) is 0. The molecule has 0 spiro atoms. The molecule has 18 heavy (non-hydrogen) atoms. The highest BCUT2D eigenvalue weighted by atomic mass is 16.4. The Morgan fingerprint density at radius 2 is 1.89 bits per heavy atom. The third kappa shape index (κ3) is 8.37. The molecule has 7 nitrogen and oxygen atoms in total. The van der Waals surface area contributed by atoms with E-state index in [0.29, 0.717) is 6.54 Å². The van der Waals surface area contributed by atoms with E-state index in [1.54, 1.807) is 0 Å². The van der Waals surface area contributed by atoms with E-state index in [0.717, 1.165) is 25.7 Å². The summed E-state index contributed by atoms with van der Waals surface area (Å²) >= 11 is 0. The molecule has 0 aromatic heterocycles. The predicted octanol–water partition coefficient (Wildman–Crippen LogP) is 0.195. The normalized spacial score (nSPS) is 11.6. The molecule has 0 saturated heterocycles. The van der Waals surface area contributed by atoms with Gasteiger partial charge >= 0.3 is 12.0 Å². The number of carboxylic acids is 1. The van der Waals surface area contributed by atoms with Crippen molar-refractivity contribution in [3.8, 4) is 0 Å². The number of unbranched alkanes of at least 4 members (excludes halogenated alkanes) is 3. The molecule has 0 aliphatic heterocycles. The maximum Gasteiger partial charge on any atom is 0.326 e. The maximum atomic E-state index is 11.3. The molecular formula is C11H21N3O4.